The molecule has 0 radical (unpaired) electrons. The number of sulfone groups is 1. The lowest BCUT2D eigenvalue weighted by molar-refractivity contribution is -0.130. The van der Waals surface area contributed by atoms with Crippen LogP contribution in [0.2, 0.25) is 0 Å². The SMILES string of the molecule is CN1C(=O)N(C2CCCC(S(C)(=O)=O)C2)C(=O)C1c1ccccc1. The van der Waals surface area contributed by atoms with Crippen molar-refractivity contribution in [2.24, 2.45) is 0 Å². The van der Waals surface area contributed by atoms with Gasteiger partial charge in [0, 0.05) is 19.3 Å². The first-order valence-electron chi connectivity index (χ1n) is 8.14. The second-order valence-electron chi connectivity index (χ2n) is 6.69. The van der Waals surface area contributed by atoms with Crippen LogP contribution in [0.3, 0.4) is 0 Å². The third-order valence-corrected chi connectivity index (χ3v) is 6.69. The molecule has 1 aliphatic carbocycles. The molecule has 1 aromatic carbocycles. The minimum Gasteiger partial charge on any atom is -0.311 e. The Morgan fingerprint density at radius 1 is 1.08 bits per heavy atom. The van der Waals surface area contributed by atoms with Crippen LogP contribution in [0.15, 0.2) is 30.3 Å². The number of likely N-dealkylation sites (N-methyl/N-ethyl adjacent to an activating group) is 1. The van der Waals surface area contributed by atoms with Gasteiger partial charge in [0.25, 0.3) is 5.91 Å². The Hall–Kier alpha value is -1.89. The van der Waals surface area contributed by atoms with Gasteiger partial charge in [0.1, 0.15) is 15.9 Å². The number of urea groups is 1. The lowest BCUT2D eigenvalue weighted by atomic mass is 9.93. The molecule has 24 heavy (non-hydrogen) atoms. The molecule has 130 valence electrons. The van der Waals surface area contributed by atoms with Crippen molar-refractivity contribution < 1.29 is 18.0 Å². The van der Waals surface area contributed by atoms with Crippen molar-refractivity contribution in [1.29, 1.82) is 0 Å². The van der Waals surface area contributed by atoms with Gasteiger partial charge >= 0.3 is 6.03 Å². The molecule has 1 heterocycles. The normalized spacial score (nSPS) is 28.5. The summed E-state index contributed by atoms with van der Waals surface area (Å²) in [4.78, 5) is 28.3. The van der Waals surface area contributed by atoms with E-state index in [4.69, 9.17) is 0 Å². The van der Waals surface area contributed by atoms with Crippen LogP contribution < -0.4 is 0 Å². The topological polar surface area (TPSA) is 74.8 Å². The average molecular weight is 350 g/mol. The van der Waals surface area contributed by atoms with E-state index in [-0.39, 0.29) is 18.0 Å². The first-order valence-corrected chi connectivity index (χ1v) is 10.1. The third kappa shape index (κ3) is 2.92. The summed E-state index contributed by atoms with van der Waals surface area (Å²) in [6.45, 7) is 0. The van der Waals surface area contributed by atoms with Gasteiger partial charge < -0.3 is 4.90 Å². The first-order chi connectivity index (χ1) is 11.3. The van der Waals surface area contributed by atoms with E-state index in [0.29, 0.717) is 25.7 Å². The fraction of sp³-hybridized carbons (Fsp3) is 0.529. The van der Waals surface area contributed by atoms with E-state index >= 15 is 0 Å². The summed E-state index contributed by atoms with van der Waals surface area (Å²) in [7, 11) is -1.55. The summed E-state index contributed by atoms with van der Waals surface area (Å²) in [5.41, 5.74) is 0.774. The molecule has 3 amide bonds. The molecule has 0 aromatic heterocycles. The van der Waals surface area contributed by atoms with E-state index in [1.54, 1.807) is 7.05 Å². The van der Waals surface area contributed by atoms with Gasteiger partial charge in [-0.3, -0.25) is 9.69 Å². The highest BCUT2D eigenvalue weighted by Crippen LogP contribution is 2.35. The number of benzene rings is 1. The van der Waals surface area contributed by atoms with E-state index in [9.17, 15) is 18.0 Å². The molecule has 1 saturated carbocycles. The number of rotatable bonds is 3. The monoisotopic (exact) mass is 350 g/mol. The highest BCUT2D eigenvalue weighted by Gasteiger charge is 2.48. The standard InChI is InChI=1S/C17H22N2O4S/c1-18-15(12-7-4-3-5-8-12)16(20)19(17(18)21)13-9-6-10-14(11-13)24(2,22)23/h3-5,7-8,13-15H,6,9-11H2,1-2H3. The van der Waals surface area contributed by atoms with Gasteiger partial charge in [0.15, 0.2) is 0 Å². The van der Waals surface area contributed by atoms with Crippen molar-refractivity contribution in [2.45, 2.75) is 43.0 Å². The molecule has 1 aromatic rings. The van der Waals surface area contributed by atoms with Crippen molar-refractivity contribution >= 4 is 21.8 Å². The maximum absolute atomic E-state index is 12.9. The smallest absolute Gasteiger partial charge is 0.311 e. The summed E-state index contributed by atoms with van der Waals surface area (Å²) in [5, 5.41) is -0.474. The number of hydrogen-bond acceptors (Lipinski definition) is 4. The van der Waals surface area contributed by atoms with Crippen LogP contribution >= 0.6 is 0 Å². The zero-order valence-electron chi connectivity index (χ0n) is 13.9. The van der Waals surface area contributed by atoms with Crippen LogP contribution in [-0.2, 0) is 14.6 Å². The molecule has 2 aliphatic rings. The number of nitrogens with zero attached hydrogens (tertiary/aromatic N) is 2. The zero-order valence-corrected chi connectivity index (χ0v) is 14.7. The highest BCUT2D eigenvalue weighted by atomic mass is 32.2. The molecular formula is C17H22N2O4S. The van der Waals surface area contributed by atoms with Crippen molar-refractivity contribution in [3.8, 4) is 0 Å². The lowest BCUT2D eigenvalue weighted by Gasteiger charge is -2.33. The molecule has 1 saturated heterocycles. The zero-order chi connectivity index (χ0) is 17.5. The van der Waals surface area contributed by atoms with E-state index < -0.39 is 21.1 Å². The van der Waals surface area contributed by atoms with Gasteiger partial charge in [0.05, 0.1) is 5.25 Å². The molecule has 6 nitrogen and oxygen atoms in total. The minimum absolute atomic E-state index is 0.257. The molecule has 3 rings (SSSR count). The molecule has 1 aliphatic heterocycles. The van der Waals surface area contributed by atoms with Crippen LogP contribution in [0.1, 0.15) is 37.3 Å². The Kier molecular flexibility index (Phi) is 4.38. The number of hydrogen-bond donors (Lipinski definition) is 0. The van der Waals surface area contributed by atoms with Crippen LogP contribution in [0.5, 0.6) is 0 Å². The quantitative estimate of drug-likeness (QED) is 0.781. The predicted molar refractivity (Wildman–Crippen MR) is 90.1 cm³/mol. The molecule has 0 N–H and O–H groups in total. The number of carbonyl (C=O) groups excluding carboxylic acids is 2. The van der Waals surface area contributed by atoms with E-state index in [2.05, 4.69) is 0 Å². The Bertz CT molecular complexity index is 747. The fourth-order valence-electron chi connectivity index (χ4n) is 3.75. The van der Waals surface area contributed by atoms with Crippen LogP contribution in [0, 0.1) is 0 Å². The van der Waals surface area contributed by atoms with Gasteiger partial charge in [-0.15, -0.1) is 0 Å². The fourth-order valence-corrected chi connectivity index (χ4v) is 4.92. The largest absolute Gasteiger partial charge is 0.327 e. The van der Waals surface area contributed by atoms with Gasteiger partial charge in [-0.05, 0) is 24.8 Å². The van der Waals surface area contributed by atoms with Crippen LogP contribution in [0.25, 0.3) is 0 Å². The second kappa shape index (κ2) is 6.20. The summed E-state index contributed by atoms with van der Waals surface area (Å²) < 4.78 is 23.7. The second-order valence-corrected chi connectivity index (χ2v) is 9.01. The summed E-state index contributed by atoms with van der Waals surface area (Å²) in [5.74, 6) is -0.257. The molecule has 3 unspecified atom stereocenters. The van der Waals surface area contributed by atoms with Crippen molar-refractivity contribution in [3.63, 3.8) is 0 Å². The summed E-state index contributed by atoms with van der Waals surface area (Å²) in [6, 6.07) is 7.89. The lowest BCUT2D eigenvalue weighted by Crippen LogP contribution is -2.45. The van der Waals surface area contributed by atoms with Crippen LogP contribution in [-0.4, -0.2) is 54.8 Å². The third-order valence-electron chi connectivity index (χ3n) is 5.05. The van der Waals surface area contributed by atoms with Gasteiger partial charge in [-0.2, -0.15) is 0 Å². The Morgan fingerprint density at radius 3 is 2.38 bits per heavy atom. The molecule has 0 spiro atoms. The summed E-state index contributed by atoms with van der Waals surface area (Å²) >= 11 is 0. The minimum atomic E-state index is -3.17. The van der Waals surface area contributed by atoms with E-state index in [0.717, 1.165) is 5.56 Å². The molecule has 0 bridgehead atoms. The number of amides is 3. The van der Waals surface area contributed by atoms with Crippen molar-refractivity contribution in [2.75, 3.05) is 13.3 Å². The van der Waals surface area contributed by atoms with Crippen LogP contribution in [0.4, 0.5) is 4.79 Å². The van der Waals surface area contributed by atoms with Gasteiger partial charge in [-0.1, -0.05) is 36.8 Å². The molecule has 7 heteroatoms. The predicted octanol–water partition coefficient (Wildman–Crippen LogP) is 1.98. The highest BCUT2D eigenvalue weighted by molar-refractivity contribution is 7.91. The van der Waals surface area contributed by atoms with E-state index in [1.807, 2.05) is 30.3 Å². The maximum Gasteiger partial charge on any atom is 0.327 e. The number of carbonyl (C=O) groups is 2. The summed E-state index contributed by atoms with van der Waals surface area (Å²) in [6.07, 6.45) is 3.54. The molecular weight excluding hydrogens is 328 g/mol. The Morgan fingerprint density at radius 2 is 1.75 bits per heavy atom. The maximum atomic E-state index is 12.9. The molecule has 2 fully saturated rings. The molecule has 3 atom stereocenters. The Labute approximate surface area is 142 Å². The van der Waals surface area contributed by atoms with E-state index in [1.165, 1.54) is 16.1 Å². The van der Waals surface area contributed by atoms with Gasteiger partial charge in [-0.25, -0.2) is 13.2 Å². The van der Waals surface area contributed by atoms with Crippen molar-refractivity contribution in [3.05, 3.63) is 35.9 Å². The van der Waals surface area contributed by atoms with Crippen molar-refractivity contribution in [1.82, 2.24) is 9.80 Å². The Balaban J connectivity index is 1.86. The van der Waals surface area contributed by atoms with Gasteiger partial charge in [0.2, 0.25) is 0 Å². The first kappa shape index (κ1) is 17.0. The average Bonchev–Trinajstić information content (AvgIpc) is 2.77. The number of imide groups is 1.